The Bertz CT molecular complexity index is 412. The summed E-state index contributed by atoms with van der Waals surface area (Å²) < 4.78 is 10.3. The van der Waals surface area contributed by atoms with E-state index in [1.54, 1.807) is 32.4 Å². The summed E-state index contributed by atoms with van der Waals surface area (Å²) in [6.07, 6.45) is -0.443. The molecule has 0 saturated heterocycles. The van der Waals surface area contributed by atoms with Gasteiger partial charge in [0.05, 0.1) is 26.4 Å². The Labute approximate surface area is 101 Å². The largest absolute Gasteiger partial charge is 0.497 e. The van der Waals surface area contributed by atoms with Crippen molar-refractivity contribution in [3.8, 4) is 17.6 Å². The number of benzene rings is 1. The lowest BCUT2D eigenvalue weighted by Gasteiger charge is -2.19. The van der Waals surface area contributed by atoms with Gasteiger partial charge in [0.1, 0.15) is 11.5 Å². The molecule has 1 N–H and O–H groups in total. The van der Waals surface area contributed by atoms with Crippen LogP contribution in [0.3, 0.4) is 0 Å². The zero-order valence-electron chi connectivity index (χ0n) is 10.3. The van der Waals surface area contributed by atoms with Gasteiger partial charge in [-0.2, -0.15) is 5.26 Å². The average molecular weight is 235 g/mol. The van der Waals surface area contributed by atoms with Gasteiger partial charge in [-0.15, -0.1) is 0 Å². The van der Waals surface area contributed by atoms with Crippen molar-refractivity contribution in [3.63, 3.8) is 0 Å². The van der Waals surface area contributed by atoms with E-state index in [0.29, 0.717) is 23.5 Å². The highest BCUT2D eigenvalue weighted by molar-refractivity contribution is 5.41. The molecule has 0 aromatic heterocycles. The van der Waals surface area contributed by atoms with E-state index < -0.39 is 6.10 Å². The van der Waals surface area contributed by atoms with Crippen LogP contribution in [-0.2, 0) is 0 Å². The molecule has 2 atom stereocenters. The van der Waals surface area contributed by atoms with Crippen molar-refractivity contribution < 1.29 is 14.6 Å². The standard InChI is InChI=1S/C13H17NO3/c1-9(6-7-14)13(15)11-8-10(16-2)4-5-12(11)17-3/h4-5,8-9,13,15H,6H2,1-3H3. The monoisotopic (exact) mass is 235 g/mol. The van der Waals surface area contributed by atoms with E-state index >= 15 is 0 Å². The van der Waals surface area contributed by atoms with Crippen LogP contribution in [0.5, 0.6) is 11.5 Å². The average Bonchev–Trinajstić information content (AvgIpc) is 2.37. The van der Waals surface area contributed by atoms with Gasteiger partial charge in [-0.25, -0.2) is 0 Å². The topological polar surface area (TPSA) is 62.5 Å². The molecule has 0 aliphatic carbocycles. The molecule has 1 aromatic rings. The molecule has 4 heteroatoms. The Kier molecular flexibility index (Phi) is 4.80. The van der Waals surface area contributed by atoms with Crippen LogP contribution < -0.4 is 9.47 Å². The first-order valence-electron chi connectivity index (χ1n) is 5.41. The molecular weight excluding hydrogens is 218 g/mol. The van der Waals surface area contributed by atoms with E-state index in [4.69, 9.17) is 14.7 Å². The van der Waals surface area contributed by atoms with Crippen LogP contribution in [0.1, 0.15) is 25.0 Å². The lowest BCUT2D eigenvalue weighted by molar-refractivity contribution is 0.116. The summed E-state index contributed by atoms with van der Waals surface area (Å²) in [5.41, 5.74) is 0.648. The molecule has 92 valence electrons. The smallest absolute Gasteiger partial charge is 0.124 e. The Hall–Kier alpha value is -1.73. The lowest BCUT2D eigenvalue weighted by Crippen LogP contribution is -2.10. The summed E-state index contributed by atoms with van der Waals surface area (Å²) in [7, 11) is 3.11. The van der Waals surface area contributed by atoms with Crippen molar-refractivity contribution >= 4 is 0 Å². The number of aliphatic hydroxyl groups excluding tert-OH is 1. The minimum Gasteiger partial charge on any atom is -0.497 e. The maximum Gasteiger partial charge on any atom is 0.124 e. The zero-order valence-corrected chi connectivity index (χ0v) is 10.3. The second-order valence-electron chi connectivity index (χ2n) is 3.89. The molecule has 0 spiro atoms. The molecule has 4 nitrogen and oxygen atoms in total. The highest BCUT2D eigenvalue weighted by Crippen LogP contribution is 2.34. The first-order valence-corrected chi connectivity index (χ1v) is 5.41. The van der Waals surface area contributed by atoms with Gasteiger partial charge in [-0.1, -0.05) is 6.92 Å². The maximum absolute atomic E-state index is 10.2. The number of aliphatic hydroxyl groups is 1. The lowest BCUT2D eigenvalue weighted by atomic mass is 9.94. The Morgan fingerprint density at radius 1 is 1.35 bits per heavy atom. The number of rotatable bonds is 5. The molecule has 0 saturated carbocycles. The number of nitriles is 1. The first kappa shape index (κ1) is 13.3. The summed E-state index contributed by atoms with van der Waals surface area (Å²) in [5.74, 6) is 1.10. The SMILES string of the molecule is COc1ccc(OC)c(C(O)C(C)CC#N)c1. The molecular formula is C13H17NO3. The zero-order chi connectivity index (χ0) is 12.8. The maximum atomic E-state index is 10.2. The van der Waals surface area contributed by atoms with Gasteiger partial charge in [-0.05, 0) is 24.1 Å². The van der Waals surface area contributed by atoms with Crippen LogP contribution in [0.15, 0.2) is 18.2 Å². The number of methoxy groups -OCH3 is 2. The van der Waals surface area contributed by atoms with Gasteiger partial charge in [0, 0.05) is 12.0 Å². The summed E-state index contributed by atoms with van der Waals surface area (Å²) >= 11 is 0. The summed E-state index contributed by atoms with van der Waals surface area (Å²) in [6, 6.07) is 7.30. The van der Waals surface area contributed by atoms with Crippen molar-refractivity contribution in [1.82, 2.24) is 0 Å². The highest BCUT2D eigenvalue weighted by Gasteiger charge is 2.20. The van der Waals surface area contributed by atoms with Gasteiger partial charge < -0.3 is 14.6 Å². The van der Waals surface area contributed by atoms with Crippen molar-refractivity contribution in [3.05, 3.63) is 23.8 Å². The number of hydrogen-bond donors (Lipinski definition) is 1. The second kappa shape index (κ2) is 6.12. The normalized spacial score (nSPS) is 13.6. The third kappa shape index (κ3) is 3.11. The van der Waals surface area contributed by atoms with E-state index in [2.05, 4.69) is 6.07 Å². The van der Waals surface area contributed by atoms with E-state index in [9.17, 15) is 5.11 Å². The number of hydrogen-bond acceptors (Lipinski definition) is 4. The summed E-state index contributed by atoms with van der Waals surface area (Å²) in [4.78, 5) is 0. The van der Waals surface area contributed by atoms with Crippen molar-refractivity contribution in [2.75, 3.05) is 14.2 Å². The fraction of sp³-hybridized carbons (Fsp3) is 0.462. The van der Waals surface area contributed by atoms with Crippen LogP contribution in [0.4, 0.5) is 0 Å². The minimum absolute atomic E-state index is 0.152. The van der Waals surface area contributed by atoms with Gasteiger partial charge in [0.15, 0.2) is 0 Å². The molecule has 0 aliphatic heterocycles. The van der Waals surface area contributed by atoms with Crippen molar-refractivity contribution in [2.24, 2.45) is 5.92 Å². The van der Waals surface area contributed by atoms with Gasteiger partial charge in [-0.3, -0.25) is 0 Å². The van der Waals surface area contributed by atoms with Crippen LogP contribution in [0.2, 0.25) is 0 Å². The quantitative estimate of drug-likeness (QED) is 0.850. The van der Waals surface area contributed by atoms with Crippen LogP contribution in [-0.4, -0.2) is 19.3 Å². The molecule has 1 aromatic carbocycles. The van der Waals surface area contributed by atoms with E-state index in [-0.39, 0.29) is 5.92 Å². The molecule has 1 rings (SSSR count). The summed E-state index contributed by atoms with van der Waals surface area (Å²) in [5, 5.41) is 18.8. The van der Waals surface area contributed by atoms with Crippen molar-refractivity contribution in [2.45, 2.75) is 19.4 Å². The van der Waals surface area contributed by atoms with Gasteiger partial charge in [0.25, 0.3) is 0 Å². The van der Waals surface area contributed by atoms with Gasteiger partial charge in [0.2, 0.25) is 0 Å². The van der Waals surface area contributed by atoms with E-state index in [1.807, 2.05) is 6.92 Å². The Balaban J connectivity index is 3.05. The molecule has 0 aliphatic rings. The van der Waals surface area contributed by atoms with E-state index in [1.165, 1.54) is 0 Å². The van der Waals surface area contributed by atoms with Crippen LogP contribution >= 0.6 is 0 Å². The highest BCUT2D eigenvalue weighted by atomic mass is 16.5. The fourth-order valence-electron chi connectivity index (χ4n) is 1.63. The Morgan fingerprint density at radius 3 is 2.59 bits per heavy atom. The number of nitrogens with zero attached hydrogens (tertiary/aromatic N) is 1. The van der Waals surface area contributed by atoms with Crippen LogP contribution in [0, 0.1) is 17.2 Å². The van der Waals surface area contributed by atoms with Gasteiger partial charge >= 0.3 is 0 Å². The predicted octanol–water partition coefficient (Wildman–Crippen LogP) is 2.29. The molecule has 0 bridgehead atoms. The minimum atomic E-state index is -0.736. The molecule has 0 amide bonds. The van der Waals surface area contributed by atoms with E-state index in [0.717, 1.165) is 0 Å². The predicted molar refractivity (Wildman–Crippen MR) is 63.9 cm³/mol. The molecule has 0 heterocycles. The van der Waals surface area contributed by atoms with Crippen LogP contribution in [0.25, 0.3) is 0 Å². The van der Waals surface area contributed by atoms with Crippen molar-refractivity contribution in [1.29, 1.82) is 5.26 Å². The first-order chi connectivity index (χ1) is 8.13. The fourth-order valence-corrected chi connectivity index (χ4v) is 1.63. The second-order valence-corrected chi connectivity index (χ2v) is 3.89. The summed E-state index contributed by atoms with van der Waals surface area (Å²) in [6.45, 7) is 1.83. The molecule has 17 heavy (non-hydrogen) atoms. The Morgan fingerprint density at radius 2 is 2.06 bits per heavy atom. The third-order valence-corrected chi connectivity index (χ3v) is 2.71. The third-order valence-electron chi connectivity index (χ3n) is 2.71. The molecule has 0 radical (unpaired) electrons. The number of ether oxygens (including phenoxy) is 2. The molecule has 0 fully saturated rings. The molecule has 2 unspecified atom stereocenters.